The highest BCUT2D eigenvalue weighted by Gasteiger charge is 2.41. The van der Waals surface area contributed by atoms with Crippen LogP contribution in [0.25, 0.3) is 6.08 Å². The highest BCUT2D eigenvalue weighted by molar-refractivity contribution is 6.05. The molecule has 1 N–H and O–H groups in total. The lowest BCUT2D eigenvalue weighted by molar-refractivity contribution is -0.139. The van der Waals surface area contributed by atoms with Crippen LogP contribution < -0.4 is 5.32 Å². The number of pyridine rings is 1. The van der Waals surface area contributed by atoms with Gasteiger partial charge >= 0.3 is 0 Å². The quantitative estimate of drug-likeness (QED) is 0.403. The molecule has 2 fully saturated rings. The largest absolute Gasteiger partial charge is 0.352 e. The average Bonchev–Trinajstić information content (AvgIpc) is 2.93. The minimum Gasteiger partial charge on any atom is -0.352 e. The lowest BCUT2D eigenvalue weighted by Crippen LogP contribution is -2.42. The Morgan fingerprint density at radius 3 is 2.67 bits per heavy atom. The average molecular weight is 413 g/mol. The predicted molar refractivity (Wildman–Crippen MR) is 115 cm³/mol. The fourth-order valence-corrected chi connectivity index (χ4v) is 4.11. The maximum Gasteiger partial charge on any atom is 0.247 e. The number of hydrogen-bond acceptors (Lipinski definition) is 5. The van der Waals surface area contributed by atoms with Crippen molar-refractivity contribution in [1.82, 2.24) is 20.1 Å². The molecule has 3 heterocycles. The summed E-state index contributed by atoms with van der Waals surface area (Å²) < 4.78 is 0. The van der Waals surface area contributed by atoms with Crippen molar-refractivity contribution >= 4 is 23.8 Å². The minimum absolute atomic E-state index is 0.0406. The monoisotopic (exact) mass is 412 g/mol. The lowest BCUT2D eigenvalue weighted by Gasteiger charge is -2.25. The molecule has 2 aliphatic rings. The predicted octanol–water partition coefficient (Wildman–Crippen LogP) is 2.38. The maximum absolute atomic E-state index is 12.7. The molecular formula is C23H32N4O3. The van der Waals surface area contributed by atoms with Crippen LogP contribution in [0, 0.1) is 0 Å². The summed E-state index contributed by atoms with van der Waals surface area (Å²) in [6.45, 7) is 4.54. The van der Waals surface area contributed by atoms with Crippen LogP contribution in [-0.2, 0) is 14.4 Å². The normalized spacial score (nSPS) is 21.0. The van der Waals surface area contributed by atoms with Gasteiger partial charge in [0.05, 0.1) is 12.5 Å². The number of carbonyl (C=O) groups excluding carboxylic acids is 3. The second-order valence-corrected chi connectivity index (χ2v) is 8.13. The summed E-state index contributed by atoms with van der Waals surface area (Å²) in [6.07, 6.45) is 11.5. The van der Waals surface area contributed by atoms with Crippen LogP contribution in [-0.4, -0.2) is 64.7 Å². The van der Waals surface area contributed by atoms with Gasteiger partial charge in [-0.2, -0.15) is 0 Å². The number of imide groups is 1. The Labute approximate surface area is 178 Å². The summed E-state index contributed by atoms with van der Waals surface area (Å²) >= 11 is 0. The topological polar surface area (TPSA) is 82.6 Å². The summed E-state index contributed by atoms with van der Waals surface area (Å²) in [4.78, 5) is 44.9. The van der Waals surface area contributed by atoms with Gasteiger partial charge in [-0.25, -0.2) is 0 Å². The van der Waals surface area contributed by atoms with Crippen LogP contribution in [0.15, 0.2) is 30.1 Å². The first-order valence-electron chi connectivity index (χ1n) is 11.0. The molecule has 0 radical (unpaired) electrons. The number of likely N-dealkylation sites (tertiary alicyclic amines) is 2. The van der Waals surface area contributed by atoms with Crippen molar-refractivity contribution in [2.24, 2.45) is 0 Å². The van der Waals surface area contributed by atoms with Crippen molar-refractivity contribution in [3.8, 4) is 0 Å². The Kier molecular flexibility index (Phi) is 8.13. The summed E-state index contributed by atoms with van der Waals surface area (Å²) in [6, 6.07) is 3.46. The molecule has 162 valence electrons. The molecule has 0 bridgehead atoms. The zero-order valence-electron chi connectivity index (χ0n) is 17.8. The number of unbranched alkanes of at least 4 members (excludes halogenated alkanes) is 1. The Morgan fingerprint density at radius 1 is 1.20 bits per heavy atom. The first kappa shape index (κ1) is 22.2. The van der Waals surface area contributed by atoms with Crippen LogP contribution in [0.4, 0.5) is 0 Å². The number of nitrogens with zero attached hydrogens (tertiary/aromatic N) is 3. The lowest BCUT2D eigenvalue weighted by atomic mass is 10.2. The van der Waals surface area contributed by atoms with Gasteiger partial charge in [-0.15, -0.1) is 0 Å². The van der Waals surface area contributed by atoms with Crippen molar-refractivity contribution in [3.63, 3.8) is 0 Å². The van der Waals surface area contributed by atoms with E-state index in [0.29, 0.717) is 31.5 Å². The summed E-state index contributed by atoms with van der Waals surface area (Å²) in [5.74, 6) is -0.219. The molecule has 1 aromatic rings. The van der Waals surface area contributed by atoms with Crippen molar-refractivity contribution in [3.05, 3.63) is 35.7 Å². The number of nitrogens with one attached hydrogen (secondary N) is 1. The van der Waals surface area contributed by atoms with E-state index in [1.54, 1.807) is 25.4 Å². The molecule has 0 aromatic carbocycles. The molecule has 7 heteroatoms. The summed E-state index contributed by atoms with van der Waals surface area (Å²) in [5, 5.41) is 2.89. The highest BCUT2D eigenvalue weighted by Crippen LogP contribution is 2.22. The number of carbonyl (C=O) groups is 3. The van der Waals surface area contributed by atoms with Gasteiger partial charge in [-0.05, 0) is 63.4 Å². The van der Waals surface area contributed by atoms with Gasteiger partial charge in [0.25, 0.3) is 0 Å². The second kappa shape index (κ2) is 11.0. The second-order valence-electron chi connectivity index (χ2n) is 8.13. The van der Waals surface area contributed by atoms with Crippen LogP contribution in [0.3, 0.4) is 0 Å². The van der Waals surface area contributed by atoms with Gasteiger partial charge in [-0.3, -0.25) is 29.2 Å². The van der Waals surface area contributed by atoms with Crippen molar-refractivity contribution in [2.45, 2.75) is 57.9 Å². The van der Waals surface area contributed by atoms with E-state index in [0.717, 1.165) is 37.9 Å². The third-order valence-electron chi connectivity index (χ3n) is 5.82. The first-order chi connectivity index (χ1) is 14.6. The fraction of sp³-hybridized carbons (Fsp3) is 0.565. The van der Waals surface area contributed by atoms with Crippen LogP contribution in [0.1, 0.15) is 57.4 Å². The van der Waals surface area contributed by atoms with E-state index in [-0.39, 0.29) is 23.8 Å². The van der Waals surface area contributed by atoms with Gasteiger partial charge in [0.2, 0.25) is 17.7 Å². The molecule has 0 spiro atoms. The Bertz CT molecular complexity index is 770. The van der Waals surface area contributed by atoms with Gasteiger partial charge in [0.1, 0.15) is 0 Å². The smallest absolute Gasteiger partial charge is 0.247 e. The van der Waals surface area contributed by atoms with Gasteiger partial charge in [0, 0.05) is 31.1 Å². The summed E-state index contributed by atoms with van der Waals surface area (Å²) in [7, 11) is 0. The molecule has 1 aromatic heterocycles. The Morgan fingerprint density at radius 2 is 1.97 bits per heavy atom. The van der Waals surface area contributed by atoms with Gasteiger partial charge in [-0.1, -0.05) is 18.9 Å². The number of amides is 3. The molecule has 2 saturated heterocycles. The molecular weight excluding hydrogens is 380 g/mol. The van der Waals surface area contributed by atoms with E-state index in [1.165, 1.54) is 17.7 Å². The number of hydrogen-bond donors (Lipinski definition) is 1. The van der Waals surface area contributed by atoms with Crippen LogP contribution in [0.2, 0.25) is 0 Å². The van der Waals surface area contributed by atoms with E-state index < -0.39 is 0 Å². The SMILES string of the molecule is C/C(=C/c1cccnc1)C(=O)NCCCCN1C(=O)CC(N2CCCCCC2)C1=O. The summed E-state index contributed by atoms with van der Waals surface area (Å²) in [5.41, 5.74) is 1.50. The van der Waals surface area contributed by atoms with Crippen molar-refractivity contribution < 1.29 is 14.4 Å². The highest BCUT2D eigenvalue weighted by atomic mass is 16.2. The van der Waals surface area contributed by atoms with Crippen molar-refractivity contribution in [2.75, 3.05) is 26.2 Å². The minimum atomic E-state index is -0.268. The molecule has 7 nitrogen and oxygen atoms in total. The van der Waals surface area contributed by atoms with Gasteiger partial charge < -0.3 is 5.32 Å². The molecule has 0 saturated carbocycles. The fourth-order valence-electron chi connectivity index (χ4n) is 4.11. The zero-order valence-corrected chi connectivity index (χ0v) is 17.8. The molecule has 30 heavy (non-hydrogen) atoms. The van der Waals surface area contributed by atoms with E-state index in [2.05, 4.69) is 15.2 Å². The molecule has 2 aliphatic heterocycles. The molecule has 1 atom stereocenters. The van der Waals surface area contributed by atoms with E-state index in [1.807, 2.05) is 12.1 Å². The first-order valence-corrected chi connectivity index (χ1v) is 11.0. The third kappa shape index (κ3) is 5.98. The van der Waals surface area contributed by atoms with Gasteiger partial charge in [0.15, 0.2) is 0 Å². The standard InChI is InChI=1S/C23H32N4O3/c1-18(15-19-9-8-10-24-17-19)22(29)25-11-4-7-14-27-21(28)16-20(23(27)30)26-12-5-2-3-6-13-26/h8-10,15,17,20H,2-7,11-14,16H2,1H3,(H,25,29)/b18-15-. The Hall–Kier alpha value is -2.54. The van der Waals surface area contributed by atoms with E-state index in [4.69, 9.17) is 0 Å². The Balaban J connectivity index is 1.38. The van der Waals surface area contributed by atoms with E-state index >= 15 is 0 Å². The van der Waals surface area contributed by atoms with Crippen LogP contribution >= 0.6 is 0 Å². The third-order valence-corrected chi connectivity index (χ3v) is 5.82. The number of aromatic nitrogens is 1. The van der Waals surface area contributed by atoms with Crippen molar-refractivity contribution in [1.29, 1.82) is 0 Å². The van der Waals surface area contributed by atoms with E-state index in [9.17, 15) is 14.4 Å². The molecule has 0 aliphatic carbocycles. The van der Waals surface area contributed by atoms with Crippen LogP contribution in [0.5, 0.6) is 0 Å². The maximum atomic E-state index is 12.7. The molecule has 3 rings (SSSR count). The molecule has 3 amide bonds. The molecule has 1 unspecified atom stereocenters. The zero-order chi connectivity index (χ0) is 21.3. The number of rotatable bonds is 8.